The molecule has 9 heteroatoms. The van der Waals surface area contributed by atoms with Crippen LogP contribution in [0.5, 0.6) is 0 Å². The van der Waals surface area contributed by atoms with Gasteiger partial charge in [0.25, 0.3) is 0 Å². The molecule has 0 amide bonds. The van der Waals surface area contributed by atoms with E-state index in [1.807, 2.05) is 20.8 Å². The number of carbonyl (C=O) groups is 1. The fraction of sp³-hybridized carbons (Fsp3) is 0.750. The van der Waals surface area contributed by atoms with E-state index in [0.717, 1.165) is 19.1 Å². The quantitative estimate of drug-likeness (QED) is 0.384. The largest absolute Gasteiger partial charge is 1.00 e. The van der Waals surface area contributed by atoms with Crippen molar-refractivity contribution in [3.63, 3.8) is 0 Å². The van der Waals surface area contributed by atoms with Gasteiger partial charge >= 0.3 is 10.2 Å². The summed E-state index contributed by atoms with van der Waals surface area (Å²) in [6.07, 6.45) is 6.48. The monoisotopic (exact) mass is 376 g/mol. The minimum atomic E-state index is -2.52. The summed E-state index contributed by atoms with van der Waals surface area (Å²) in [5.41, 5.74) is 0. The molecule has 0 N–H and O–H groups in total. The molecule has 146 valence electrons. The number of unbranched alkanes of at least 4 members (excludes halogenated alkanes) is 1. The minimum Gasteiger partial charge on any atom is -0.652 e. The second-order valence-corrected chi connectivity index (χ2v) is 7.96. The lowest BCUT2D eigenvalue weighted by Gasteiger charge is -2.27. The van der Waals surface area contributed by atoms with Crippen molar-refractivity contribution in [1.29, 1.82) is 0 Å². The van der Waals surface area contributed by atoms with Crippen LogP contribution in [0.4, 0.5) is 4.79 Å². The first kappa shape index (κ1) is 23.6. The van der Waals surface area contributed by atoms with Crippen molar-refractivity contribution in [2.75, 3.05) is 19.8 Å². The molecule has 0 fully saturated rings. The first-order valence-corrected chi connectivity index (χ1v) is 10.7. The Bertz CT molecular complexity index is 454. The molecule has 0 aromatic carbocycles. The fourth-order valence-corrected chi connectivity index (χ4v) is 4.85. The number of carboxylic acid groups (broad SMARTS) is 2. The Labute approximate surface area is 152 Å². The highest BCUT2D eigenvalue weighted by Crippen LogP contribution is 2.17. The van der Waals surface area contributed by atoms with Crippen LogP contribution >= 0.6 is 0 Å². The van der Waals surface area contributed by atoms with Crippen molar-refractivity contribution in [2.45, 2.75) is 59.7 Å². The number of imidazole rings is 1. The van der Waals surface area contributed by atoms with E-state index in [1.165, 1.54) is 12.8 Å². The molecule has 1 heterocycles. The Hall–Kier alpha value is -1.42. The Balaban J connectivity index is 0. The van der Waals surface area contributed by atoms with E-state index in [9.17, 15) is 0 Å². The lowest BCUT2D eigenvalue weighted by atomic mass is 10.3. The molecule has 0 saturated heterocycles. The van der Waals surface area contributed by atoms with Crippen LogP contribution < -0.4 is 14.8 Å². The molecule has 0 spiro atoms. The molecule has 0 saturated carbocycles. The Morgan fingerprint density at radius 1 is 1.12 bits per heavy atom. The summed E-state index contributed by atoms with van der Waals surface area (Å²) in [5.74, 6) is 0. The number of hydrogen-bond acceptors (Lipinski definition) is 6. The molecule has 0 aliphatic heterocycles. The van der Waals surface area contributed by atoms with Gasteiger partial charge in [-0.15, -0.1) is 0 Å². The van der Waals surface area contributed by atoms with Crippen molar-refractivity contribution < 1.29 is 34.3 Å². The molecular weight excluding hydrogens is 344 g/mol. The Morgan fingerprint density at radius 2 is 1.64 bits per heavy atom. The standard InChI is InChI=1S/C15H31N2O3Si.CH2O3/c1-5-9-10-16-11-12-17(15-16)13-14-21(18-6-2,19-7-3)20-8-4;2-1(3)4/h11-12,15H,5-10,13-14H2,1-4H3;(H2,2,3,4)/q+1;/p-1. The van der Waals surface area contributed by atoms with E-state index < -0.39 is 15.0 Å². The van der Waals surface area contributed by atoms with Gasteiger partial charge in [0.15, 0.2) is 0 Å². The lowest BCUT2D eigenvalue weighted by molar-refractivity contribution is -0.696. The number of aryl methyl sites for hydroxylation is 2. The lowest BCUT2D eigenvalue weighted by Crippen LogP contribution is -2.46. The van der Waals surface area contributed by atoms with Gasteiger partial charge in [-0.3, -0.25) is 0 Å². The topological polar surface area (TPSA) is 99.7 Å². The van der Waals surface area contributed by atoms with Gasteiger partial charge in [0.05, 0.1) is 19.1 Å². The Morgan fingerprint density at radius 3 is 2.08 bits per heavy atom. The predicted molar refractivity (Wildman–Crippen MR) is 91.5 cm³/mol. The van der Waals surface area contributed by atoms with Gasteiger partial charge in [-0.05, 0) is 33.3 Å². The summed E-state index contributed by atoms with van der Waals surface area (Å²) in [7, 11) is -2.52. The van der Waals surface area contributed by atoms with Gasteiger partial charge < -0.3 is 28.3 Å². The van der Waals surface area contributed by atoms with E-state index >= 15 is 0 Å². The second kappa shape index (κ2) is 13.8. The van der Waals surface area contributed by atoms with E-state index in [4.69, 9.17) is 28.3 Å². The van der Waals surface area contributed by atoms with E-state index in [2.05, 4.69) is 34.8 Å². The van der Waals surface area contributed by atoms with E-state index in [-0.39, 0.29) is 1.43 Å². The number of aromatic nitrogens is 2. The third-order valence-electron chi connectivity index (χ3n) is 3.29. The molecule has 25 heavy (non-hydrogen) atoms. The molecule has 0 atom stereocenters. The highest BCUT2D eigenvalue weighted by atomic mass is 28.4. The maximum atomic E-state index is 8.33. The molecule has 0 aliphatic carbocycles. The molecule has 1 rings (SSSR count). The maximum Gasteiger partial charge on any atom is 1.00 e. The van der Waals surface area contributed by atoms with E-state index in [1.54, 1.807) is 0 Å². The van der Waals surface area contributed by atoms with Crippen LogP contribution in [0.2, 0.25) is 6.04 Å². The van der Waals surface area contributed by atoms with Crippen LogP contribution in [0.15, 0.2) is 18.7 Å². The fourth-order valence-electron chi connectivity index (χ4n) is 2.31. The third kappa shape index (κ3) is 10.9. The first-order valence-electron chi connectivity index (χ1n) is 8.77. The van der Waals surface area contributed by atoms with Crippen molar-refractivity contribution >= 4 is 15.0 Å². The molecule has 1 aromatic heterocycles. The van der Waals surface area contributed by atoms with Crippen molar-refractivity contribution in [2.24, 2.45) is 0 Å². The van der Waals surface area contributed by atoms with Gasteiger partial charge in [-0.2, -0.15) is 0 Å². The summed E-state index contributed by atoms with van der Waals surface area (Å²) >= 11 is 0. The van der Waals surface area contributed by atoms with Crippen LogP contribution in [-0.4, -0.2) is 39.3 Å². The highest BCUT2D eigenvalue weighted by Gasteiger charge is 2.40. The normalized spacial score (nSPS) is 11.0. The zero-order chi connectivity index (χ0) is 19.1. The molecule has 0 bridgehead atoms. The minimum absolute atomic E-state index is 0. The summed E-state index contributed by atoms with van der Waals surface area (Å²) in [6, 6.07) is 0.810. The molecule has 0 aliphatic rings. The van der Waals surface area contributed by atoms with Crippen LogP contribution in [0.25, 0.3) is 0 Å². The van der Waals surface area contributed by atoms with Crippen LogP contribution in [0, 0.1) is 0 Å². The number of hydrogen-bond donors (Lipinski definition) is 0. The van der Waals surface area contributed by atoms with Crippen molar-refractivity contribution in [3.8, 4) is 0 Å². The Kier molecular flexibility index (Phi) is 13.0. The molecular formula is C16H32N2O6Si. The second-order valence-electron chi connectivity index (χ2n) is 5.22. The summed E-state index contributed by atoms with van der Waals surface area (Å²) in [6.45, 7) is 12.0. The van der Waals surface area contributed by atoms with Gasteiger partial charge in [0.1, 0.15) is 12.4 Å². The summed E-state index contributed by atoms with van der Waals surface area (Å²) in [4.78, 5) is 8.33. The van der Waals surface area contributed by atoms with E-state index in [0.29, 0.717) is 19.8 Å². The van der Waals surface area contributed by atoms with Crippen LogP contribution in [0.1, 0.15) is 42.0 Å². The number of rotatable bonds is 12. The zero-order valence-electron chi connectivity index (χ0n) is 16.7. The smallest absolute Gasteiger partial charge is 0.652 e. The molecule has 0 radical (unpaired) electrons. The molecule has 8 nitrogen and oxygen atoms in total. The first-order chi connectivity index (χ1) is 11.9. The molecule has 1 aromatic rings. The van der Waals surface area contributed by atoms with Gasteiger partial charge in [0, 0.05) is 19.8 Å². The third-order valence-corrected chi connectivity index (χ3v) is 6.31. The number of carbonyl (C=O) groups excluding carboxylic acids is 1. The average Bonchev–Trinajstić information content (AvgIpc) is 2.99. The molecule has 0 unspecified atom stereocenters. The van der Waals surface area contributed by atoms with Crippen LogP contribution in [0.3, 0.4) is 0 Å². The predicted octanol–water partition coefficient (Wildman–Crippen LogP) is 0.290. The van der Waals surface area contributed by atoms with Crippen LogP contribution in [-0.2, 0) is 26.4 Å². The van der Waals surface area contributed by atoms with Gasteiger partial charge in [0.2, 0.25) is 6.33 Å². The van der Waals surface area contributed by atoms with Crippen molar-refractivity contribution in [1.82, 2.24) is 4.57 Å². The number of nitrogens with zero attached hydrogens (tertiary/aromatic N) is 2. The maximum absolute atomic E-state index is 8.33. The highest BCUT2D eigenvalue weighted by molar-refractivity contribution is 6.60. The average molecular weight is 377 g/mol. The summed E-state index contributed by atoms with van der Waals surface area (Å²) in [5, 5.41) is 16.7. The SMILES string of the molecule is CCCC[n+]1ccn(CC[Si](OCC)(OCC)OCC)c1.O=C([O-])[O-].[H+]. The van der Waals surface area contributed by atoms with Crippen molar-refractivity contribution in [3.05, 3.63) is 18.7 Å². The summed E-state index contributed by atoms with van der Waals surface area (Å²) < 4.78 is 22.1. The zero-order valence-corrected chi connectivity index (χ0v) is 16.7. The van der Waals surface area contributed by atoms with Gasteiger partial charge in [-0.1, -0.05) is 13.3 Å². The van der Waals surface area contributed by atoms with Gasteiger partial charge in [-0.25, -0.2) is 9.13 Å².